The Morgan fingerprint density at radius 3 is 2.72 bits per heavy atom. The van der Waals surface area contributed by atoms with Crippen LogP contribution in [0.25, 0.3) is 5.57 Å². The number of carbonyl (C=O) groups is 1. The highest BCUT2D eigenvalue weighted by atomic mass is 19.1. The standard InChI is InChI=1S/C14H9F3O/c1-6-2-8(15)3-7-4-9-13(12(6)7)10(16)5-11(17)14(9)18/h2-3,5,11H,4H2,1H3. The van der Waals surface area contributed by atoms with Gasteiger partial charge in [-0.05, 0) is 41.8 Å². The van der Waals surface area contributed by atoms with E-state index in [0.29, 0.717) is 22.8 Å². The number of Topliss-reactive ketones (excluding diaryl/α,β-unsaturated/α-hetero) is 1. The molecule has 0 heterocycles. The van der Waals surface area contributed by atoms with Gasteiger partial charge in [0.05, 0.1) is 0 Å². The molecule has 0 aromatic heterocycles. The van der Waals surface area contributed by atoms with Crippen molar-refractivity contribution < 1.29 is 18.0 Å². The number of rotatable bonds is 0. The van der Waals surface area contributed by atoms with Crippen molar-refractivity contribution in [3.8, 4) is 0 Å². The van der Waals surface area contributed by atoms with Gasteiger partial charge in [-0.2, -0.15) is 0 Å². The Labute approximate surface area is 102 Å². The Morgan fingerprint density at radius 1 is 1.28 bits per heavy atom. The highest BCUT2D eigenvalue weighted by Crippen LogP contribution is 2.43. The monoisotopic (exact) mass is 250 g/mol. The van der Waals surface area contributed by atoms with Gasteiger partial charge in [-0.3, -0.25) is 4.79 Å². The molecule has 0 saturated carbocycles. The van der Waals surface area contributed by atoms with E-state index >= 15 is 0 Å². The number of benzene rings is 1. The first-order chi connectivity index (χ1) is 8.49. The molecule has 1 atom stereocenters. The smallest absolute Gasteiger partial charge is 0.198 e. The van der Waals surface area contributed by atoms with Crippen LogP contribution in [0.3, 0.4) is 0 Å². The van der Waals surface area contributed by atoms with Gasteiger partial charge in [0, 0.05) is 17.6 Å². The topological polar surface area (TPSA) is 17.1 Å². The molecule has 0 spiro atoms. The molecule has 0 radical (unpaired) electrons. The molecule has 2 aliphatic carbocycles. The van der Waals surface area contributed by atoms with Crippen LogP contribution in [0.5, 0.6) is 0 Å². The molecule has 92 valence electrons. The maximum atomic E-state index is 13.8. The number of carbonyl (C=O) groups excluding carboxylic acids is 1. The fraction of sp³-hybridized carbons (Fsp3) is 0.214. The van der Waals surface area contributed by atoms with Crippen molar-refractivity contribution in [2.24, 2.45) is 0 Å². The molecule has 1 unspecified atom stereocenters. The summed E-state index contributed by atoms with van der Waals surface area (Å²) in [5.41, 5.74) is 1.89. The molecule has 0 aliphatic heterocycles. The number of fused-ring (bicyclic) bond motifs is 2. The van der Waals surface area contributed by atoms with E-state index in [1.54, 1.807) is 6.92 Å². The molecule has 0 bridgehead atoms. The lowest BCUT2D eigenvalue weighted by atomic mass is 9.93. The quantitative estimate of drug-likeness (QED) is 0.691. The van der Waals surface area contributed by atoms with Gasteiger partial charge in [0.25, 0.3) is 0 Å². The molecular formula is C14H9F3O. The third-order valence-corrected chi connectivity index (χ3v) is 3.38. The summed E-state index contributed by atoms with van der Waals surface area (Å²) in [7, 11) is 0. The molecular weight excluding hydrogens is 241 g/mol. The van der Waals surface area contributed by atoms with Gasteiger partial charge in [-0.1, -0.05) is 0 Å². The van der Waals surface area contributed by atoms with E-state index in [-0.39, 0.29) is 17.6 Å². The van der Waals surface area contributed by atoms with Gasteiger partial charge in [-0.25, -0.2) is 13.2 Å². The third-order valence-electron chi connectivity index (χ3n) is 3.38. The average molecular weight is 250 g/mol. The molecule has 2 aliphatic rings. The summed E-state index contributed by atoms with van der Waals surface area (Å²) in [4.78, 5) is 11.7. The molecule has 18 heavy (non-hydrogen) atoms. The first-order valence-electron chi connectivity index (χ1n) is 5.57. The van der Waals surface area contributed by atoms with E-state index in [9.17, 15) is 18.0 Å². The number of ketones is 1. The average Bonchev–Trinajstić information content (AvgIpc) is 2.65. The Balaban J connectivity index is 2.25. The SMILES string of the molecule is Cc1cc(F)cc2c1C1=C(C2)C(=O)C(F)C=C1F. The van der Waals surface area contributed by atoms with Gasteiger partial charge >= 0.3 is 0 Å². The molecule has 1 aromatic carbocycles. The number of alkyl halides is 1. The molecule has 0 N–H and O–H groups in total. The predicted octanol–water partition coefficient (Wildman–Crippen LogP) is 3.22. The number of halogens is 3. The summed E-state index contributed by atoms with van der Waals surface area (Å²) >= 11 is 0. The van der Waals surface area contributed by atoms with E-state index in [4.69, 9.17) is 0 Å². The highest BCUT2D eigenvalue weighted by molar-refractivity contribution is 6.13. The predicted molar refractivity (Wildman–Crippen MR) is 60.9 cm³/mol. The van der Waals surface area contributed by atoms with Crippen molar-refractivity contribution in [3.63, 3.8) is 0 Å². The van der Waals surface area contributed by atoms with E-state index in [2.05, 4.69) is 0 Å². The zero-order valence-corrected chi connectivity index (χ0v) is 9.56. The first kappa shape index (κ1) is 11.3. The lowest BCUT2D eigenvalue weighted by molar-refractivity contribution is -0.118. The van der Waals surface area contributed by atoms with Gasteiger partial charge in [0.1, 0.15) is 11.6 Å². The van der Waals surface area contributed by atoms with E-state index in [1.165, 1.54) is 12.1 Å². The Morgan fingerprint density at radius 2 is 2.00 bits per heavy atom. The van der Waals surface area contributed by atoms with Crippen molar-refractivity contribution in [1.82, 2.24) is 0 Å². The summed E-state index contributed by atoms with van der Waals surface area (Å²) in [5, 5.41) is 0. The van der Waals surface area contributed by atoms with Crippen LogP contribution in [0.4, 0.5) is 13.2 Å². The van der Waals surface area contributed by atoms with Gasteiger partial charge in [0.2, 0.25) is 0 Å². The van der Waals surface area contributed by atoms with Crippen LogP contribution in [0.2, 0.25) is 0 Å². The zero-order chi connectivity index (χ0) is 13.0. The largest absolute Gasteiger partial charge is 0.291 e. The van der Waals surface area contributed by atoms with Crippen molar-refractivity contribution in [1.29, 1.82) is 0 Å². The van der Waals surface area contributed by atoms with Crippen molar-refractivity contribution in [2.75, 3.05) is 0 Å². The van der Waals surface area contributed by atoms with E-state index < -0.39 is 23.6 Å². The summed E-state index contributed by atoms with van der Waals surface area (Å²) in [5.74, 6) is -1.88. The second-order valence-corrected chi connectivity index (χ2v) is 4.57. The molecule has 1 nitrogen and oxygen atoms in total. The summed E-state index contributed by atoms with van der Waals surface area (Å²) in [6.45, 7) is 1.65. The molecule has 0 saturated heterocycles. The lowest BCUT2D eigenvalue weighted by Crippen LogP contribution is -2.20. The normalized spacial score (nSPS) is 21.9. The first-order valence-corrected chi connectivity index (χ1v) is 5.57. The maximum absolute atomic E-state index is 13.8. The Hall–Kier alpha value is -1.84. The van der Waals surface area contributed by atoms with Crippen LogP contribution in [0, 0.1) is 12.7 Å². The van der Waals surface area contributed by atoms with E-state index in [1.807, 2.05) is 0 Å². The van der Waals surface area contributed by atoms with E-state index in [0.717, 1.165) is 0 Å². The van der Waals surface area contributed by atoms with Crippen LogP contribution < -0.4 is 0 Å². The third kappa shape index (κ3) is 1.38. The van der Waals surface area contributed by atoms with Crippen LogP contribution in [0.1, 0.15) is 16.7 Å². The summed E-state index contributed by atoms with van der Waals surface area (Å²) < 4.78 is 40.4. The van der Waals surface area contributed by atoms with Crippen LogP contribution >= 0.6 is 0 Å². The minimum Gasteiger partial charge on any atom is -0.291 e. The number of hydrogen-bond acceptors (Lipinski definition) is 1. The molecule has 4 heteroatoms. The molecule has 3 rings (SSSR count). The minimum atomic E-state index is -1.93. The van der Waals surface area contributed by atoms with Gasteiger partial charge < -0.3 is 0 Å². The molecule has 0 fully saturated rings. The Bertz CT molecular complexity index is 641. The number of aryl methyl sites for hydroxylation is 1. The van der Waals surface area contributed by atoms with Crippen molar-refractivity contribution in [3.05, 3.63) is 52.1 Å². The van der Waals surface area contributed by atoms with Crippen molar-refractivity contribution in [2.45, 2.75) is 19.5 Å². The zero-order valence-electron chi connectivity index (χ0n) is 9.56. The Kier molecular flexibility index (Phi) is 2.24. The number of hydrogen-bond donors (Lipinski definition) is 0. The molecule has 1 aromatic rings. The number of allylic oxidation sites excluding steroid dienone is 4. The van der Waals surface area contributed by atoms with Crippen LogP contribution in [-0.2, 0) is 11.2 Å². The van der Waals surface area contributed by atoms with Crippen LogP contribution in [0.15, 0.2) is 29.6 Å². The fourth-order valence-corrected chi connectivity index (χ4v) is 2.67. The fourth-order valence-electron chi connectivity index (χ4n) is 2.67. The maximum Gasteiger partial charge on any atom is 0.198 e. The second-order valence-electron chi connectivity index (χ2n) is 4.57. The second kappa shape index (κ2) is 3.57. The minimum absolute atomic E-state index is 0.101. The van der Waals surface area contributed by atoms with Crippen molar-refractivity contribution >= 4 is 11.4 Å². The lowest BCUT2D eigenvalue weighted by Gasteiger charge is -2.14. The van der Waals surface area contributed by atoms with Crippen LogP contribution in [-0.4, -0.2) is 12.0 Å². The molecule has 0 amide bonds. The summed E-state index contributed by atoms with van der Waals surface area (Å²) in [6.07, 6.45) is -1.15. The highest BCUT2D eigenvalue weighted by Gasteiger charge is 2.36. The summed E-state index contributed by atoms with van der Waals surface area (Å²) in [6, 6.07) is 2.56. The van der Waals surface area contributed by atoms with Gasteiger partial charge in [0.15, 0.2) is 12.0 Å². The van der Waals surface area contributed by atoms with Gasteiger partial charge in [-0.15, -0.1) is 0 Å².